The molecule has 0 unspecified atom stereocenters. The molecule has 0 fully saturated rings. The maximum atomic E-state index is 5.13. The van der Waals surface area contributed by atoms with Gasteiger partial charge in [0.2, 0.25) is 5.95 Å². The van der Waals surface area contributed by atoms with Crippen LogP contribution in [0.4, 0.5) is 0 Å². The zero-order chi connectivity index (χ0) is 32.6. The molecule has 0 aliphatic rings. The third kappa shape index (κ3) is 5.26. The fourth-order valence-corrected chi connectivity index (χ4v) is 6.68. The third-order valence-corrected chi connectivity index (χ3v) is 9.10. The zero-order valence-electron chi connectivity index (χ0n) is 26.6. The van der Waals surface area contributed by atoms with Crippen molar-refractivity contribution in [1.82, 2.24) is 19.5 Å². The summed E-state index contributed by atoms with van der Waals surface area (Å²) >= 11 is 0. The van der Waals surface area contributed by atoms with Gasteiger partial charge in [0.05, 0.1) is 11.0 Å². The lowest BCUT2D eigenvalue weighted by atomic mass is 9.97. The van der Waals surface area contributed by atoms with Crippen molar-refractivity contribution in [1.29, 1.82) is 0 Å². The molecular weight excluding hydrogens is 597 g/mol. The fraction of sp³-hybridized carbons (Fsp3) is 0. The highest BCUT2D eigenvalue weighted by atomic mass is 15.2. The summed E-state index contributed by atoms with van der Waals surface area (Å²) in [6.07, 6.45) is 0. The molecule has 0 N–H and O–H groups in total. The van der Waals surface area contributed by atoms with Gasteiger partial charge in [-0.25, -0.2) is 4.98 Å². The number of fused-ring (bicyclic) bond motifs is 3. The van der Waals surface area contributed by atoms with Crippen molar-refractivity contribution in [2.75, 3.05) is 0 Å². The lowest BCUT2D eigenvalue weighted by Gasteiger charge is -2.13. The molecule has 9 rings (SSSR count). The Labute approximate surface area is 284 Å². The summed E-state index contributed by atoms with van der Waals surface area (Å²) in [6.45, 7) is 0. The summed E-state index contributed by atoms with van der Waals surface area (Å²) in [6, 6.07) is 63.4. The summed E-state index contributed by atoms with van der Waals surface area (Å²) in [4.78, 5) is 15.2. The summed E-state index contributed by atoms with van der Waals surface area (Å²) in [5.74, 6) is 1.85. The third-order valence-electron chi connectivity index (χ3n) is 9.10. The Kier molecular flexibility index (Phi) is 7.10. The molecule has 49 heavy (non-hydrogen) atoms. The maximum absolute atomic E-state index is 5.13. The zero-order valence-corrected chi connectivity index (χ0v) is 26.6. The number of para-hydroxylation sites is 2. The SMILES string of the molecule is c1ccc(-c2ccc(-c3ccc(-c4cccc5c6ccccc6n(-c6nc(-c7ccccc7)nc(-c7ccccc7)n6)c45)cc3)cc2)cc1. The fourth-order valence-electron chi connectivity index (χ4n) is 6.68. The van der Waals surface area contributed by atoms with Crippen LogP contribution in [0.25, 0.3) is 83.9 Å². The van der Waals surface area contributed by atoms with Crippen molar-refractivity contribution in [2.45, 2.75) is 0 Å². The first kappa shape index (κ1) is 28.6. The number of aromatic nitrogens is 4. The average molecular weight is 627 g/mol. The molecule has 230 valence electrons. The standard InChI is InChI=1S/C45H30N4/c1-4-13-31(14-5-1)32-23-25-33(26-24-32)34-27-29-35(30-28-34)38-20-12-21-40-39-19-10-11-22-41(39)49(42(38)40)45-47-43(36-15-6-2-7-16-36)46-44(48-45)37-17-8-3-9-18-37/h1-30H. The first-order valence-corrected chi connectivity index (χ1v) is 16.5. The first-order chi connectivity index (χ1) is 24.3. The maximum Gasteiger partial charge on any atom is 0.238 e. The minimum absolute atomic E-state index is 0.585. The van der Waals surface area contributed by atoms with Crippen molar-refractivity contribution < 1.29 is 0 Å². The molecule has 0 radical (unpaired) electrons. The van der Waals surface area contributed by atoms with Crippen LogP contribution in [0.3, 0.4) is 0 Å². The van der Waals surface area contributed by atoms with Crippen LogP contribution in [0.1, 0.15) is 0 Å². The Balaban J connectivity index is 1.20. The van der Waals surface area contributed by atoms with Crippen molar-refractivity contribution in [2.24, 2.45) is 0 Å². The Morgan fingerprint density at radius 2 is 0.735 bits per heavy atom. The lowest BCUT2D eigenvalue weighted by molar-refractivity contribution is 0.954. The Morgan fingerprint density at radius 3 is 1.29 bits per heavy atom. The Morgan fingerprint density at radius 1 is 0.306 bits per heavy atom. The monoisotopic (exact) mass is 626 g/mol. The highest BCUT2D eigenvalue weighted by Crippen LogP contribution is 2.38. The highest BCUT2D eigenvalue weighted by Gasteiger charge is 2.20. The molecule has 7 aromatic carbocycles. The van der Waals surface area contributed by atoms with Gasteiger partial charge >= 0.3 is 0 Å². The van der Waals surface area contributed by atoms with Crippen molar-refractivity contribution in [3.8, 4) is 62.1 Å². The molecule has 0 amide bonds. The van der Waals surface area contributed by atoms with E-state index in [1.54, 1.807) is 0 Å². The molecule has 0 atom stereocenters. The molecule has 4 heteroatoms. The van der Waals surface area contributed by atoms with Gasteiger partial charge in [-0.3, -0.25) is 4.57 Å². The van der Waals surface area contributed by atoms with Crippen LogP contribution in [0.5, 0.6) is 0 Å². The quantitative estimate of drug-likeness (QED) is 0.184. The minimum atomic E-state index is 0.585. The summed E-state index contributed by atoms with van der Waals surface area (Å²) in [5.41, 5.74) is 11.0. The van der Waals surface area contributed by atoms with E-state index in [0.29, 0.717) is 17.6 Å². The second kappa shape index (κ2) is 12.2. The van der Waals surface area contributed by atoms with Gasteiger partial charge in [-0.1, -0.05) is 176 Å². The van der Waals surface area contributed by atoms with E-state index in [4.69, 9.17) is 15.0 Å². The number of hydrogen-bond donors (Lipinski definition) is 0. The van der Waals surface area contributed by atoms with Gasteiger partial charge in [-0.05, 0) is 33.9 Å². The smallest absolute Gasteiger partial charge is 0.238 e. The summed E-state index contributed by atoms with van der Waals surface area (Å²) in [5, 5.41) is 2.30. The van der Waals surface area contributed by atoms with Crippen LogP contribution in [0.2, 0.25) is 0 Å². The van der Waals surface area contributed by atoms with E-state index in [1.807, 2.05) is 66.7 Å². The van der Waals surface area contributed by atoms with Gasteiger partial charge in [-0.15, -0.1) is 0 Å². The number of rotatable bonds is 6. The van der Waals surface area contributed by atoms with Crippen LogP contribution >= 0.6 is 0 Å². The Bertz CT molecular complexity index is 2500. The highest BCUT2D eigenvalue weighted by molar-refractivity contribution is 6.13. The van der Waals surface area contributed by atoms with Crippen LogP contribution in [-0.2, 0) is 0 Å². The van der Waals surface area contributed by atoms with Gasteiger partial charge in [0.25, 0.3) is 0 Å². The van der Waals surface area contributed by atoms with Crippen molar-refractivity contribution in [3.05, 3.63) is 182 Å². The van der Waals surface area contributed by atoms with Gasteiger partial charge in [-0.2, -0.15) is 9.97 Å². The summed E-state index contributed by atoms with van der Waals surface area (Å²) < 4.78 is 2.21. The van der Waals surface area contributed by atoms with E-state index in [0.717, 1.165) is 44.1 Å². The van der Waals surface area contributed by atoms with Gasteiger partial charge in [0.1, 0.15) is 0 Å². The van der Waals surface area contributed by atoms with Crippen LogP contribution in [-0.4, -0.2) is 19.5 Å². The van der Waals surface area contributed by atoms with Gasteiger partial charge in [0.15, 0.2) is 11.6 Å². The van der Waals surface area contributed by atoms with E-state index in [2.05, 4.69) is 120 Å². The normalized spacial score (nSPS) is 11.3. The largest absolute Gasteiger partial charge is 0.277 e. The predicted octanol–water partition coefficient (Wildman–Crippen LogP) is 11.3. The molecule has 0 bridgehead atoms. The van der Waals surface area contributed by atoms with Gasteiger partial charge in [0, 0.05) is 27.5 Å². The predicted molar refractivity (Wildman–Crippen MR) is 201 cm³/mol. The molecule has 0 aliphatic carbocycles. The van der Waals surface area contributed by atoms with E-state index in [9.17, 15) is 0 Å². The molecule has 2 aromatic heterocycles. The average Bonchev–Trinajstić information content (AvgIpc) is 3.54. The van der Waals surface area contributed by atoms with E-state index in [1.165, 1.54) is 22.3 Å². The second-order valence-corrected chi connectivity index (χ2v) is 12.1. The van der Waals surface area contributed by atoms with Crippen LogP contribution < -0.4 is 0 Å². The first-order valence-electron chi connectivity index (χ1n) is 16.5. The molecule has 0 aliphatic heterocycles. The topological polar surface area (TPSA) is 43.6 Å². The van der Waals surface area contributed by atoms with Crippen LogP contribution in [0.15, 0.2) is 182 Å². The molecular formula is C45H30N4. The van der Waals surface area contributed by atoms with E-state index < -0.39 is 0 Å². The molecule has 0 saturated carbocycles. The lowest BCUT2D eigenvalue weighted by Crippen LogP contribution is -2.06. The second-order valence-electron chi connectivity index (χ2n) is 12.1. The molecule has 2 heterocycles. The number of hydrogen-bond acceptors (Lipinski definition) is 3. The van der Waals surface area contributed by atoms with Crippen molar-refractivity contribution >= 4 is 21.8 Å². The number of nitrogens with zero attached hydrogens (tertiary/aromatic N) is 4. The van der Waals surface area contributed by atoms with Crippen LogP contribution in [0, 0.1) is 0 Å². The number of benzene rings is 7. The molecule has 4 nitrogen and oxygen atoms in total. The van der Waals surface area contributed by atoms with E-state index >= 15 is 0 Å². The molecule has 0 saturated heterocycles. The minimum Gasteiger partial charge on any atom is -0.277 e. The molecule has 9 aromatic rings. The van der Waals surface area contributed by atoms with E-state index in [-0.39, 0.29) is 0 Å². The molecule has 0 spiro atoms. The Hall–Kier alpha value is -6.65. The summed E-state index contributed by atoms with van der Waals surface area (Å²) in [7, 11) is 0. The van der Waals surface area contributed by atoms with Crippen molar-refractivity contribution in [3.63, 3.8) is 0 Å². The van der Waals surface area contributed by atoms with Gasteiger partial charge < -0.3 is 0 Å².